The van der Waals surface area contributed by atoms with E-state index in [1.165, 1.54) is 7.11 Å². The van der Waals surface area contributed by atoms with E-state index < -0.39 is 35.9 Å². The van der Waals surface area contributed by atoms with E-state index in [0.717, 1.165) is 0 Å². The molecule has 7 heteroatoms. The Kier molecular flexibility index (Phi) is 3.80. The van der Waals surface area contributed by atoms with Crippen molar-refractivity contribution >= 4 is 29.2 Å². The number of amides is 1. The molecule has 4 atom stereocenters. The molecule has 6 nitrogen and oxygen atoms in total. The lowest BCUT2D eigenvalue weighted by atomic mass is 9.82. The highest BCUT2D eigenvalue weighted by molar-refractivity contribution is 6.31. The number of methoxy groups -OCH3 is 1. The minimum atomic E-state index is -1.05. The number of carbonyl (C=O) groups excluding carboxylic acids is 1. The maximum Gasteiger partial charge on any atom is 0.310 e. The molecule has 0 unspecified atom stereocenters. The van der Waals surface area contributed by atoms with Crippen LogP contribution >= 0.6 is 11.6 Å². The summed E-state index contributed by atoms with van der Waals surface area (Å²) in [6.07, 6.45) is 2.34. The van der Waals surface area contributed by atoms with Crippen LogP contribution in [0.15, 0.2) is 30.4 Å². The van der Waals surface area contributed by atoms with Gasteiger partial charge in [-0.15, -0.1) is 0 Å². The fourth-order valence-corrected chi connectivity index (χ4v) is 3.08. The van der Waals surface area contributed by atoms with Crippen molar-refractivity contribution in [2.45, 2.75) is 12.2 Å². The molecular formula is C15H14ClNO5. The molecule has 1 aromatic carbocycles. The number of anilines is 1. The third kappa shape index (κ3) is 2.44. The van der Waals surface area contributed by atoms with Crippen LogP contribution in [-0.4, -0.2) is 36.3 Å². The van der Waals surface area contributed by atoms with Crippen LogP contribution in [0.25, 0.3) is 0 Å². The van der Waals surface area contributed by atoms with Crippen LogP contribution in [0.5, 0.6) is 5.75 Å². The number of fused-ring (bicyclic) bond motifs is 2. The molecule has 0 radical (unpaired) electrons. The van der Waals surface area contributed by atoms with E-state index in [1.807, 2.05) is 0 Å². The Morgan fingerprint density at radius 3 is 2.59 bits per heavy atom. The standard InChI is InChI=1S/C15H14ClNO5/c1-21-9-3-2-7(16)6-8(9)17-14(18)12-10-4-5-11(22-10)13(12)15(19)20/h2-6,10-13H,1H3,(H,17,18)(H,19,20)/t10-,11+,12-,13+/m1/s1. The highest BCUT2D eigenvalue weighted by Gasteiger charge is 2.53. The van der Waals surface area contributed by atoms with E-state index in [0.29, 0.717) is 16.5 Å². The number of hydrogen-bond donors (Lipinski definition) is 2. The second-order valence-electron chi connectivity index (χ2n) is 5.17. The van der Waals surface area contributed by atoms with Crippen molar-refractivity contribution in [3.8, 4) is 5.75 Å². The van der Waals surface area contributed by atoms with Crippen molar-refractivity contribution in [1.29, 1.82) is 0 Å². The Balaban J connectivity index is 1.84. The van der Waals surface area contributed by atoms with Crippen LogP contribution in [0.4, 0.5) is 5.69 Å². The molecule has 2 aliphatic rings. The molecule has 1 fully saturated rings. The Hall–Kier alpha value is -2.05. The van der Waals surface area contributed by atoms with Crippen molar-refractivity contribution in [2.24, 2.45) is 11.8 Å². The van der Waals surface area contributed by atoms with Gasteiger partial charge in [-0.25, -0.2) is 0 Å². The molecule has 22 heavy (non-hydrogen) atoms. The maximum atomic E-state index is 12.5. The van der Waals surface area contributed by atoms with Gasteiger partial charge in [-0.3, -0.25) is 9.59 Å². The quantitative estimate of drug-likeness (QED) is 0.827. The van der Waals surface area contributed by atoms with Crippen LogP contribution in [0.2, 0.25) is 5.02 Å². The first-order valence-corrected chi connectivity index (χ1v) is 7.10. The number of hydrogen-bond acceptors (Lipinski definition) is 4. The smallest absolute Gasteiger partial charge is 0.310 e. The van der Waals surface area contributed by atoms with Gasteiger partial charge < -0.3 is 19.9 Å². The van der Waals surface area contributed by atoms with Crippen LogP contribution in [0.3, 0.4) is 0 Å². The van der Waals surface area contributed by atoms with Gasteiger partial charge in [0.2, 0.25) is 5.91 Å². The average Bonchev–Trinajstić information content (AvgIpc) is 3.08. The predicted molar refractivity (Wildman–Crippen MR) is 79.1 cm³/mol. The summed E-state index contributed by atoms with van der Waals surface area (Å²) in [7, 11) is 1.47. The van der Waals surface area contributed by atoms with Gasteiger partial charge in [-0.05, 0) is 18.2 Å². The van der Waals surface area contributed by atoms with Crippen LogP contribution in [0, 0.1) is 11.8 Å². The topological polar surface area (TPSA) is 84.9 Å². The number of carbonyl (C=O) groups is 2. The highest BCUT2D eigenvalue weighted by atomic mass is 35.5. The molecule has 3 rings (SSSR count). The van der Waals surface area contributed by atoms with Crippen molar-refractivity contribution in [1.82, 2.24) is 0 Å². The molecule has 1 amide bonds. The Bertz CT molecular complexity index is 659. The van der Waals surface area contributed by atoms with Crippen LogP contribution in [-0.2, 0) is 14.3 Å². The molecule has 2 aliphatic heterocycles. The molecule has 0 aliphatic carbocycles. The van der Waals surface area contributed by atoms with Crippen molar-refractivity contribution < 1.29 is 24.2 Å². The van der Waals surface area contributed by atoms with Gasteiger partial charge in [0.15, 0.2) is 0 Å². The Morgan fingerprint density at radius 2 is 1.95 bits per heavy atom. The van der Waals surface area contributed by atoms with Crippen molar-refractivity contribution in [3.63, 3.8) is 0 Å². The molecule has 1 saturated heterocycles. The number of carboxylic acid groups (broad SMARTS) is 1. The fraction of sp³-hybridized carbons (Fsp3) is 0.333. The summed E-state index contributed by atoms with van der Waals surface area (Å²) in [5.41, 5.74) is 0.399. The van der Waals surface area contributed by atoms with Crippen molar-refractivity contribution in [3.05, 3.63) is 35.4 Å². The monoisotopic (exact) mass is 323 g/mol. The van der Waals surface area contributed by atoms with Crippen LogP contribution in [0.1, 0.15) is 0 Å². The molecule has 0 aromatic heterocycles. The lowest BCUT2D eigenvalue weighted by molar-refractivity contribution is -0.145. The molecule has 116 valence electrons. The van der Waals surface area contributed by atoms with Gasteiger partial charge in [-0.2, -0.15) is 0 Å². The third-order valence-corrected chi connectivity index (χ3v) is 4.14. The van der Waals surface area contributed by atoms with E-state index in [1.54, 1.807) is 30.4 Å². The van der Waals surface area contributed by atoms with Gasteiger partial charge in [0.1, 0.15) is 11.7 Å². The SMILES string of the molecule is COc1ccc(Cl)cc1NC(=O)[C@H]1[C@@H](C(=O)O)[C@@H]2C=C[C@H]1O2. The zero-order chi connectivity index (χ0) is 15.9. The number of rotatable bonds is 4. The minimum absolute atomic E-state index is 0.399. The Labute approximate surface area is 131 Å². The second kappa shape index (κ2) is 5.62. The maximum absolute atomic E-state index is 12.5. The molecule has 0 saturated carbocycles. The lowest BCUT2D eigenvalue weighted by Crippen LogP contribution is -2.39. The summed E-state index contributed by atoms with van der Waals surface area (Å²) in [6.45, 7) is 0. The summed E-state index contributed by atoms with van der Waals surface area (Å²) < 4.78 is 10.7. The second-order valence-corrected chi connectivity index (χ2v) is 5.61. The largest absolute Gasteiger partial charge is 0.495 e. The summed E-state index contributed by atoms with van der Waals surface area (Å²) in [4.78, 5) is 23.9. The van der Waals surface area contributed by atoms with Gasteiger partial charge >= 0.3 is 5.97 Å². The number of benzene rings is 1. The highest BCUT2D eigenvalue weighted by Crippen LogP contribution is 2.40. The van der Waals surface area contributed by atoms with E-state index in [9.17, 15) is 14.7 Å². The molecule has 2 N–H and O–H groups in total. The van der Waals surface area contributed by atoms with E-state index >= 15 is 0 Å². The van der Waals surface area contributed by atoms with Gasteiger partial charge in [0.25, 0.3) is 0 Å². The van der Waals surface area contributed by atoms with Gasteiger partial charge in [0, 0.05) is 5.02 Å². The molecule has 2 heterocycles. The fourth-order valence-electron chi connectivity index (χ4n) is 2.91. The lowest BCUT2D eigenvalue weighted by Gasteiger charge is -2.21. The zero-order valence-corrected chi connectivity index (χ0v) is 12.4. The van der Waals surface area contributed by atoms with Gasteiger partial charge in [-0.1, -0.05) is 23.8 Å². The van der Waals surface area contributed by atoms with E-state index in [2.05, 4.69) is 5.32 Å². The first kappa shape index (κ1) is 14.9. The van der Waals surface area contributed by atoms with E-state index in [4.69, 9.17) is 21.1 Å². The average molecular weight is 324 g/mol. The normalized spacial score (nSPS) is 28.6. The molecular weight excluding hydrogens is 310 g/mol. The summed E-state index contributed by atoms with van der Waals surface area (Å²) in [6, 6.07) is 4.82. The summed E-state index contributed by atoms with van der Waals surface area (Å²) in [5, 5.41) is 12.5. The first-order chi connectivity index (χ1) is 10.5. The predicted octanol–water partition coefficient (Wildman–Crippen LogP) is 1.94. The third-order valence-electron chi connectivity index (χ3n) is 3.91. The number of carboxylic acids is 1. The molecule has 1 aromatic rings. The minimum Gasteiger partial charge on any atom is -0.495 e. The number of ether oxygens (including phenoxy) is 2. The number of nitrogens with one attached hydrogen (secondary N) is 1. The van der Waals surface area contributed by atoms with Gasteiger partial charge in [0.05, 0.1) is 30.9 Å². The van der Waals surface area contributed by atoms with Crippen molar-refractivity contribution in [2.75, 3.05) is 12.4 Å². The summed E-state index contributed by atoms with van der Waals surface area (Å²) >= 11 is 5.92. The summed E-state index contributed by atoms with van der Waals surface area (Å²) in [5.74, 6) is -2.69. The molecule has 2 bridgehead atoms. The van der Waals surface area contributed by atoms with E-state index in [-0.39, 0.29) is 0 Å². The van der Waals surface area contributed by atoms with Crippen LogP contribution < -0.4 is 10.1 Å². The zero-order valence-electron chi connectivity index (χ0n) is 11.7. The number of halogens is 1. The Morgan fingerprint density at radius 1 is 1.27 bits per heavy atom. The number of aliphatic carboxylic acids is 1. The first-order valence-electron chi connectivity index (χ1n) is 6.72. The molecule has 0 spiro atoms.